The number of carbonyl (C=O) groups is 2. The Balaban J connectivity index is -0.0000000389. The van der Waals surface area contributed by atoms with Crippen LogP contribution < -0.4 is 10.2 Å². The zero-order valence-corrected chi connectivity index (χ0v) is 7.82. The molecule has 0 saturated carbocycles. The SMILES string of the molecule is CC#N.CC(=O)[O-].CC(=O)[O-].[Cu+2]. The van der Waals surface area contributed by atoms with E-state index in [0.717, 1.165) is 13.8 Å². The number of hydrogen-bond donors (Lipinski definition) is 0. The number of hydrogen-bond acceptors (Lipinski definition) is 5. The van der Waals surface area contributed by atoms with Gasteiger partial charge in [-0.25, -0.2) is 0 Å². The first kappa shape index (κ1) is 22.4. The molecule has 12 heavy (non-hydrogen) atoms. The molecule has 5 nitrogen and oxygen atoms in total. The van der Waals surface area contributed by atoms with Crippen molar-refractivity contribution in [2.45, 2.75) is 20.8 Å². The van der Waals surface area contributed by atoms with Gasteiger partial charge in [0.25, 0.3) is 0 Å². The van der Waals surface area contributed by atoms with E-state index >= 15 is 0 Å². The molecule has 0 rings (SSSR count). The fourth-order valence-corrected chi connectivity index (χ4v) is 0. The van der Waals surface area contributed by atoms with Gasteiger partial charge in [0.05, 0.1) is 6.07 Å². The number of carboxylic acid groups (broad SMARTS) is 2. The monoisotopic (exact) mass is 222 g/mol. The Morgan fingerprint density at radius 1 is 1.17 bits per heavy atom. The molecule has 0 heterocycles. The van der Waals surface area contributed by atoms with Crippen LogP contribution >= 0.6 is 0 Å². The van der Waals surface area contributed by atoms with Gasteiger partial charge >= 0.3 is 17.1 Å². The molecule has 0 aromatic heterocycles. The molecule has 0 aliphatic heterocycles. The Bertz CT molecular complexity index is 132. The molecule has 0 fully saturated rings. The number of nitrogens with zero attached hydrogens (tertiary/aromatic N) is 1. The topological polar surface area (TPSA) is 104 Å². The number of aliphatic carboxylic acids is 2. The van der Waals surface area contributed by atoms with Crippen molar-refractivity contribution in [3.63, 3.8) is 0 Å². The van der Waals surface area contributed by atoms with Gasteiger partial charge in [0.2, 0.25) is 0 Å². The molecule has 0 amide bonds. The summed E-state index contributed by atoms with van der Waals surface area (Å²) in [6.07, 6.45) is 0. The summed E-state index contributed by atoms with van der Waals surface area (Å²) in [6.45, 7) is 3.38. The van der Waals surface area contributed by atoms with Crippen LogP contribution in [0.1, 0.15) is 20.8 Å². The smallest absolute Gasteiger partial charge is 0.550 e. The van der Waals surface area contributed by atoms with Crippen LogP contribution in [0.25, 0.3) is 0 Å². The summed E-state index contributed by atoms with van der Waals surface area (Å²) in [7, 11) is 0. The number of carbonyl (C=O) groups excluding carboxylic acids is 2. The Hall–Kier alpha value is -1.05. The minimum absolute atomic E-state index is 0. The largest absolute Gasteiger partial charge is 2.00 e. The maximum Gasteiger partial charge on any atom is 2.00 e. The van der Waals surface area contributed by atoms with Crippen LogP contribution in [0.2, 0.25) is 0 Å². The third-order valence-corrected chi connectivity index (χ3v) is 0. The Morgan fingerprint density at radius 2 is 1.17 bits per heavy atom. The van der Waals surface area contributed by atoms with Gasteiger partial charge in [-0.15, -0.1) is 0 Å². The molecule has 0 aromatic carbocycles. The molecular formula is C6H9CuNO4. The maximum atomic E-state index is 8.89. The number of nitriles is 1. The van der Waals surface area contributed by atoms with E-state index in [-0.39, 0.29) is 17.1 Å². The van der Waals surface area contributed by atoms with Crippen LogP contribution in [0.3, 0.4) is 0 Å². The fraction of sp³-hybridized carbons (Fsp3) is 0.500. The van der Waals surface area contributed by atoms with Crippen LogP contribution in [0.4, 0.5) is 0 Å². The first-order valence-electron chi connectivity index (χ1n) is 2.54. The van der Waals surface area contributed by atoms with E-state index in [0.29, 0.717) is 0 Å². The molecule has 0 spiro atoms. The molecule has 0 aliphatic carbocycles. The summed E-state index contributed by atoms with van der Waals surface area (Å²) in [4.78, 5) is 17.8. The van der Waals surface area contributed by atoms with E-state index in [9.17, 15) is 0 Å². The number of carboxylic acids is 2. The van der Waals surface area contributed by atoms with Gasteiger partial charge < -0.3 is 19.8 Å². The van der Waals surface area contributed by atoms with Crippen molar-refractivity contribution < 1.29 is 36.9 Å². The molecule has 1 radical (unpaired) electrons. The van der Waals surface area contributed by atoms with E-state index in [1.54, 1.807) is 6.07 Å². The predicted molar refractivity (Wildman–Crippen MR) is 32.6 cm³/mol. The standard InChI is InChI=1S/C2H3N.2C2H4O2.Cu/c1-2-3;2*1-2(3)4;/h1H3;2*1H3,(H,3,4);/q;;;+2/p-2. The van der Waals surface area contributed by atoms with Gasteiger partial charge in [0.1, 0.15) is 0 Å². The first-order chi connectivity index (χ1) is 4.88. The third-order valence-electron chi connectivity index (χ3n) is 0. The van der Waals surface area contributed by atoms with E-state index in [2.05, 4.69) is 0 Å². The fourth-order valence-electron chi connectivity index (χ4n) is 0. The van der Waals surface area contributed by atoms with Crippen molar-refractivity contribution in [3.05, 3.63) is 0 Å². The second-order valence-corrected chi connectivity index (χ2v) is 1.21. The maximum absolute atomic E-state index is 8.89. The van der Waals surface area contributed by atoms with E-state index in [1.807, 2.05) is 0 Å². The number of rotatable bonds is 0. The summed E-state index contributed by atoms with van der Waals surface area (Å²) in [5.74, 6) is -2.17. The second kappa shape index (κ2) is 22.5. The van der Waals surface area contributed by atoms with Gasteiger partial charge in [-0.3, -0.25) is 0 Å². The van der Waals surface area contributed by atoms with E-state index in [4.69, 9.17) is 25.1 Å². The molecule has 0 saturated heterocycles. The predicted octanol–water partition coefficient (Wildman–Crippen LogP) is -1.96. The first-order valence-corrected chi connectivity index (χ1v) is 2.54. The van der Waals surface area contributed by atoms with Crippen molar-refractivity contribution in [1.29, 1.82) is 5.26 Å². The molecule has 0 aliphatic rings. The molecule has 73 valence electrons. The van der Waals surface area contributed by atoms with Gasteiger partial charge in [-0.05, 0) is 13.8 Å². The van der Waals surface area contributed by atoms with Gasteiger partial charge in [-0.1, -0.05) is 0 Å². The van der Waals surface area contributed by atoms with Crippen LogP contribution in [-0.4, -0.2) is 11.9 Å². The van der Waals surface area contributed by atoms with Crippen molar-refractivity contribution >= 4 is 11.9 Å². The zero-order chi connectivity index (χ0) is 9.86. The average Bonchev–Trinajstić information content (AvgIpc) is 1.60. The van der Waals surface area contributed by atoms with Crippen molar-refractivity contribution in [2.24, 2.45) is 0 Å². The average molecular weight is 223 g/mol. The van der Waals surface area contributed by atoms with Gasteiger partial charge in [0.15, 0.2) is 0 Å². The van der Waals surface area contributed by atoms with E-state index in [1.165, 1.54) is 6.92 Å². The molecule has 6 heteroatoms. The summed E-state index contributed by atoms with van der Waals surface area (Å²) >= 11 is 0. The van der Waals surface area contributed by atoms with Crippen LogP contribution in [0.15, 0.2) is 0 Å². The van der Waals surface area contributed by atoms with E-state index < -0.39 is 11.9 Å². The molecule has 0 aromatic rings. The molecule has 0 unspecified atom stereocenters. The Morgan fingerprint density at radius 3 is 1.17 bits per heavy atom. The van der Waals surface area contributed by atoms with Crippen LogP contribution in [-0.2, 0) is 26.7 Å². The van der Waals surface area contributed by atoms with Gasteiger partial charge in [-0.2, -0.15) is 5.26 Å². The summed E-state index contributed by atoms with van der Waals surface area (Å²) in [5, 5.41) is 25.1. The van der Waals surface area contributed by atoms with Crippen LogP contribution in [0.5, 0.6) is 0 Å². The van der Waals surface area contributed by atoms with Gasteiger partial charge in [0, 0.05) is 18.9 Å². The molecule has 0 N–H and O–H groups in total. The summed E-state index contributed by atoms with van der Waals surface area (Å²) in [6, 6.07) is 1.75. The normalized spacial score (nSPS) is 4.83. The van der Waals surface area contributed by atoms with Crippen molar-refractivity contribution in [2.75, 3.05) is 0 Å². The summed E-state index contributed by atoms with van der Waals surface area (Å²) < 4.78 is 0. The molecular weight excluding hydrogens is 214 g/mol. The summed E-state index contributed by atoms with van der Waals surface area (Å²) in [5.41, 5.74) is 0. The minimum atomic E-state index is -1.08. The van der Waals surface area contributed by atoms with Crippen molar-refractivity contribution in [3.8, 4) is 6.07 Å². The Labute approximate surface area is 81.5 Å². The van der Waals surface area contributed by atoms with Crippen molar-refractivity contribution in [1.82, 2.24) is 0 Å². The molecule has 0 bridgehead atoms. The third kappa shape index (κ3) is 512. The Kier molecular flexibility index (Phi) is 42.1. The molecule has 0 atom stereocenters. The quantitative estimate of drug-likeness (QED) is 0.443. The zero-order valence-electron chi connectivity index (χ0n) is 6.88. The second-order valence-electron chi connectivity index (χ2n) is 1.21. The minimum Gasteiger partial charge on any atom is -0.550 e. The van der Waals surface area contributed by atoms with Crippen LogP contribution in [0, 0.1) is 11.3 Å².